The van der Waals surface area contributed by atoms with Gasteiger partial charge in [-0.2, -0.15) is 0 Å². The number of nitrogens with one attached hydrogen (secondary N) is 1. The summed E-state index contributed by atoms with van der Waals surface area (Å²) in [4.78, 5) is 14.8. The third kappa shape index (κ3) is 4.40. The van der Waals surface area contributed by atoms with Crippen LogP contribution in [0.25, 0.3) is 0 Å². The van der Waals surface area contributed by atoms with E-state index in [9.17, 15) is 4.79 Å². The number of morpholine rings is 1. The van der Waals surface area contributed by atoms with E-state index in [1.165, 1.54) is 0 Å². The first-order valence-corrected chi connectivity index (χ1v) is 9.31. The largest absolute Gasteiger partial charge is 0.397 e. The van der Waals surface area contributed by atoms with Crippen LogP contribution in [0.4, 0.5) is 11.4 Å². The van der Waals surface area contributed by atoms with Gasteiger partial charge in [-0.25, -0.2) is 0 Å². The van der Waals surface area contributed by atoms with E-state index in [1.807, 2.05) is 36.4 Å². The third-order valence-electron chi connectivity index (χ3n) is 4.92. The Labute approximate surface area is 160 Å². The lowest BCUT2D eigenvalue weighted by molar-refractivity contribution is 0.0757. The first-order chi connectivity index (χ1) is 13.0. The van der Waals surface area contributed by atoms with Gasteiger partial charge >= 0.3 is 0 Å². The summed E-state index contributed by atoms with van der Waals surface area (Å²) in [5, 5.41) is 2.94. The van der Waals surface area contributed by atoms with Crippen molar-refractivity contribution in [2.75, 3.05) is 23.8 Å². The van der Waals surface area contributed by atoms with Gasteiger partial charge in [0.1, 0.15) is 0 Å². The molecule has 2 unspecified atom stereocenters. The molecule has 1 saturated heterocycles. The average Bonchev–Trinajstić information content (AvgIpc) is 2.67. The molecular formula is C21H28N4O2. The van der Waals surface area contributed by atoms with Crippen molar-refractivity contribution in [1.82, 2.24) is 5.32 Å². The van der Waals surface area contributed by atoms with Gasteiger partial charge in [0.15, 0.2) is 0 Å². The second-order valence-corrected chi connectivity index (χ2v) is 7.12. The van der Waals surface area contributed by atoms with Gasteiger partial charge in [0.05, 0.1) is 24.6 Å². The number of nitrogen functional groups attached to an aromatic ring is 1. The fourth-order valence-electron chi connectivity index (χ4n) is 3.56. The number of benzene rings is 2. The Morgan fingerprint density at radius 1 is 1.15 bits per heavy atom. The number of hydrogen-bond acceptors (Lipinski definition) is 5. The summed E-state index contributed by atoms with van der Waals surface area (Å²) in [5.41, 5.74) is 16.1. The lowest BCUT2D eigenvalue weighted by atomic mass is 10.1. The van der Waals surface area contributed by atoms with E-state index in [2.05, 4.69) is 24.1 Å². The van der Waals surface area contributed by atoms with Crippen LogP contribution in [0.3, 0.4) is 0 Å². The number of rotatable bonds is 5. The molecule has 0 bridgehead atoms. The van der Waals surface area contributed by atoms with Crippen LogP contribution in [0.1, 0.15) is 35.3 Å². The minimum absolute atomic E-state index is 0.144. The van der Waals surface area contributed by atoms with E-state index < -0.39 is 0 Å². The number of nitrogens with zero attached hydrogens (tertiary/aromatic N) is 1. The Morgan fingerprint density at radius 3 is 2.52 bits per heavy atom. The van der Waals surface area contributed by atoms with E-state index in [0.29, 0.717) is 37.6 Å². The second-order valence-electron chi connectivity index (χ2n) is 7.12. The van der Waals surface area contributed by atoms with Crippen molar-refractivity contribution in [2.24, 2.45) is 5.73 Å². The molecule has 27 heavy (non-hydrogen) atoms. The van der Waals surface area contributed by atoms with Crippen LogP contribution in [0.15, 0.2) is 42.5 Å². The zero-order valence-corrected chi connectivity index (χ0v) is 15.9. The Kier molecular flexibility index (Phi) is 5.98. The van der Waals surface area contributed by atoms with E-state index in [0.717, 1.165) is 16.8 Å². The predicted molar refractivity (Wildman–Crippen MR) is 109 cm³/mol. The Bertz CT molecular complexity index is 799. The van der Waals surface area contributed by atoms with Crippen molar-refractivity contribution >= 4 is 17.3 Å². The minimum Gasteiger partial charge on any atom is -0.397 e. The highest BCUT2D eigenvalue weighted by Crippen LogP contribution is 2.30. The van der Waals surface area contributed by atoms with Crippen molar-refractivity contribution < 1.29 is 9.53 Å². The second kappa shape index (κ2) is 8.41. The number of ether oxygens (including phenoxy) is 1. The molecule has 1 aliphatic rings. The highest BCUT2D eigenvalue weighted by Gasteiger charge is 2.27. The van der Waals surface area contributed by atoms with Gasteiger partial charge in [0.2, 0.25) is 0 Å². The van der Waals surface area contributed by atoms with Gasteiger partial charge in [-0.15, -0.1) is 0 Å². The van der Waals surface area contributed by atoms with Crippen molar-refractivity contribution in [1.29, 1.82) is 0 Å². The van der Waals surface area contributed by atoms with Crippen LogP contribution >= 0.6 is 0 Å². The minimum atomic E-state index is -0.144. The van der Waals surface area contributed by atoms with E-state index in [-0.39, 0.29) is 18.0 Å². The average molecular weight is 368 g/mol. The Balaban J connectivity index is 1.70. The Morgan fingerprint density at radius 2 is 1.85 bits per heavy atom. The van der Waals surface area contributed by atoms with Crippen LogP contribution in [-0.2, 0) is 17.8 Å². The maximum atomic E-state index is 12.5. The molecule has 2 aromatic rings. The molecule has 144 valence electrons. The highest BCUT2D eigenvalue weighted by atomic mass is 16.5. The normalized spacial score (nSPS) is 19.7. The zero-order chi connectivity index (χ0) is 19.4. The first kappa shape index (κ1) is 19.2. The number of anilines is 2. The summed E-state index contributed by atoms with van der Waals surface area (Å²) < 4.78 is 5.58. The summed E-state index contributed by atoms with van der Waals surface area (Å²) in [6.45, 7) is 6.52. The van der Waals surface area contributed by atoms with Gasteiger partial charge < -0.3 is 26.4 Å². The van der Waals surface area contributed by atoms with Gasteiger partial charge in [-0.05, 0) is 43.2 Å². The summed E-state index contributed by atoms with van der Waals surface area (Å²) in [6, 6.07) is 13.9. The predicted octanol–water partition coefficient (Wildman–Crippen LogP) is 2.27. The topological polar surface area (TPSA) is 93.6 Å². The molecule has 2 aromatic carbocycles. The molecule has 1 aliphatic heterocycles. The molecule has 1 fully saturated rings. The van der Waals surface area contributed by atoms with Gasteiger partial charge in [-0.1, -0.05) is 24.3 Å². The molecule has 5 N–H and O–H groups in total. The van der Waals surface area contributed by atoms with Gasteiger partial charge in [0.25, 0.3) is 5.91 Å². The van der Waals surface area contributed by atoms with Crippen molar-refractivity contribution in [3.8, 4) is 0 Å². The summed E-state index contributed by atoms with van der Waals surface area (Å²) in [5.74, 6) is -0.144. The molecule has 6 heteroatoms. The molecule has 0 spiro atoms. The fourth-order valence-corrected chi connectivity index (χ4v) is 3.56. The lowest BCUT2D eigenvalue weighted by Crippen LogP contribution is -2.50. The van der Waals surface area contributed by atoms with Crippen LogP contribution in [0.5, 0.6) is 0 Å². The summed E-state index contributed by atoms with van der Waals surface area (Å²) >= 11 is 0. The molecule has 1 heterocycles. The lowest BCUT2D eigenvalue weighted by Gasteiger charge is -2.41. The molecule has 3 rings (SSSR count). The number of carbonyl (C=O) groups is 1. The molecule has 0 saturated carbocycles. The van der Waals surface area contributed by atoms with Gasteiger partial charge in [-0.3, -0.25) is 4.79 Å². The van der Waals surface area contributed by atoms with Crippen LogP contribution < -0.4 is 21.7 Å². The number of carbonyl (C=O) groups excluding carboxylic acids is 1. The molecule has 0 radical (unpaired) electrons. The van der Waals surface area contributed by atoms with E-state index in [4.69, 9.17) is 16.2 Å². The fraction of sp³-hybridized carbons (Fsp3) is 0.381. The quantitative estimate of drug-likeness (QED) is 0.704. The number of hydrogen-bond donors (Lipinski definition) is 3. The summed E-state index contributed by atoms with van der Waals surface area (Å²) in [7, 11) is 0. The molecular weight excluding hydrogens is 340 g/mol. The van der Waals surface area contributed by atoms with E-state index in [1.54, 1.807) is 6.07 Å². The monoisotopic (exact) mass is 368 g/mol. The van der Waals surface area contributed by atoms with Crippen LogP contribution in [0.2, 0.25) is 0 Å². The molecule has 1 amide bonds. The SMILES string of the molecule is CC1COCC(C)N1c1ccc(C(=O)NCc2cccc(CN)c2)cc1N. The molecule has 2 atom stereocenters. The standard InChI is InChI=1S/C21H28N4O2/c1-14-12-27-13-15(2)25(14)20-7-6-18(9-19(20)23)21(26)24-11-17-5-3-4-16(8-17)10-22/h3-9,14-15H,10-13,22-23H2,1-2H3,(H,24,26). The van der Waals surface area contributed by atoms with Crippen molar-refractivity contribution in [3.63, 3.8) is 0 Å². The summed E-state index contributed by atoms with van der Waals surface area (Å²) in [6.07, 6.45) is 0. The Hall–Kier alpha value is -2.57. The van der Waals surface area contributed by atoms with Crippen molar-refractivity contribution in [3.05, 3.63) is 59.2 Å². The smallest absolute Gasteiger partial charge is 0.251 e. The third-order valence-corrected chi connectivity index (χ3v) is 4.92. The van der Waals surface area contributed by atoms with Crippen molar-refractivity contribution in [2.45, 2.75) is 39.0 Å². The maximum absolute atomic E-state index is 12.5. The molecule has 0 aromatic heterocycles. The van der Waals surface area contributed by atoms with E-state index >= 15 is 0 Å². The van der Waals surface area contributed by atoms with Crippen LogP contribution in [0, 0.1) is 0 Å². The maximum Gasteiger partial charge on any atom is 0.251 e. The first-order valence-electron chi connectivity index (χ1n) is 9.31. The molecule has 6 nitrogen and oxygen atoms in total. The number of nitrogens with two attached hydrogens (primary N) is 2. The highest BCUT2D eigenvalue weighted by molar-refractivity contribution is 5.96. The number of amides is 1. The zero-order valence-electron chi connectivity index (χ0n) is 15.9. The van der Waals surface area contributed by atoms with Gasteiger partial charge in [0, 0.05) is 30.7 Å². The molecule has 0 aliphatic carbocycles. The van der Waals surface area contributed by atoms with Crippen LogP contribution in [-0.4, -0.2) is 31.2 Å².